The van der Waals surface area contributed by atoms with Crippen LogP contribution in [0.2, 0.25) is 0 Å². The molecule has 0 saturated heterocycles. The molecule has 0 aliphatic heterocycles. The molecule has 0 spiro atoms. The molecule has 0 saturated carbocycles. The highest BCUT2D eigenvalue weighted by molar-refractivity contribution is 6.00. The average Bonchev–Trinajstić information content (AvgIpc) is 3.47. The second-order valence-electron chi connectivity index (χ2n) is 8.33. The average molecular weight is 449 g/mol. The second kappa shape index (κ2) is 7.77. The van der Waals surface area contributed by atoms with Gasteiger partial charge in [-0.3, -0.25) is 15.1 Å². The minimum Gasteiger partial charge on any atom is -0.376 e. The number of hydrogen-bond acceptors (Lipinski definition) is 5. The molecule has 2 N–H and O–H groups in total. The van der Waals surface area contributed by atoms with Crippen LogP contribution in [0.25, 0.3) is 55.7 Å². The van der Waals surface area contributed by atoms with Crippen molar-refractivity contribution in [1.82, 2.24) is 30.1 Å². The Hall–Kier alpha value is -4.59. The standard InChI is InChI=1S/C26H20FN7/c1-34(2)18-9-16(12-28-13-18)22-11-21-24(14-30-22)32-33-25(21)23-10-20-19(6-7-29-26(20)31-23)15-4-3-5-17(27)8-15/h3-14H,1-2H3,(H,29,31)(H,32,33). The highest BCUT2D eigenvalue weighted by Crippen LogP contribution is 2.34. The summed E-state index contributed by atoms with van der Waals surface area (Å²) in [5.74, 6) is -0.274. The zero-order chi connectivity index (χ0) is 23.2. The summed E-state index contributed by atoms with van der Waals surface area (Å²) in [5.41, 5.74) is 7.54. The molecule has 5 aromatic heterocycles. The summed E-state index contributed by atoms with van der Waals surface area (Å²) in [4.78, 5) is 18.8. The number of rotatable bonds is 4. The normalized spacial score (nSPS) is 11.4. The van der Waals surface area contributed by atoms with Gasteiger partial charge in [0.05, 0.1) is 35.0 Å². The molecule has 6 aromatic rings. The van der Waals surface area contributed by atoms with E-state index in [1.165, 1.54) is 12.1 Å². The van der Waals surface area contributed by atoms with Gasteiger partial charge in [-0.25, -0.2) is 9.37 Å². The van der Waals surface area contributed by atoms with Crippen molar-refractivity contribution in [2.45, 2.75) is 0 Å². The van der Waals surface area contributed by atoms with E-state index in [9.17, 15) is 4.39 Å². The number of benzene rings is 1. The number of aromatic amines is 2. The van der Waals surface area contributed by atoms with Crippen LogP contribution in [0, 0.1) is 5.82 Å². The van der Waals surface area contributed by atoms with Crippen LogP contribution >= 0.6 is 0 Å². The molecule has 0 amide bonds. The molecule has 8 heteroatoms. The fourth-order valence-corrected chi connectivity index (χ4v) is 4.15. The Morgan fingerprint density at radius 2 is 1.79 bits per heavy atom. The quantitative estimate of drug-likeness (QED) is 0.375. The predicted molar refractivity (Wildman–Crippen MR) is 132 cm³/mol. The third-order valence-electron chi connectivity index (χ3n) is 5.91. The summed E-state index contributed by atoms with van der Waals surface area (Å²) in [6, 6.07) is 14.5. The van der Waals surface area contributed by atoms with Gasteiger partial charge in [0.2, 0.25) is 0 Å². The van der Waals surface area contributed by atoms with E-state index in [1.807, 2.05) is 49.5 Å². The lowest BCUT2D eigenvalue weighted by Crippen LogP contribution is -2.08. The van der Waals surface area contributed by atoms with Gasteiger partial charge in [-0.2, -0.15) is 5.10 Å². The zero-order valence-corrected chi connectivity index (χ0v) is 18.5. The first-order valence-electron chi connectivity index (χ1n) is 10.8. The van der Waals surface area contributed by atoms with E-state index >= 15 is 0 Å². The van der Waals surface area contributed by atoms with Crippen molar-refractivity contribution in [3.63, 3.8) is 0 Å². The van der Waals surface area contributed by atoms with E-state index in [2.05, 4.69) is 36.2 Å². The van der Waals surface area contributed by atoms with Crippen LogP contribution in [0.1, 0.15) is 0 Å². The fraction of sp³-hybridized carbons (Fsp3) is 0.0769. The van der Waals surface area contributed by atoms with Gasteiger partial charge in [0.25, 0.3) is 0 Å². The molecule has 34 heavy (non-hydrogen) atoms. The summed E-state index contributed by atoms with van der Waals surface area (Å²) in [5, 5.41) is 9.45. The maximum absolute atomic E-state index is 13.9. The molecule has 0 unspecified atom stereocenters. The van der Waals surface area contributed by atoms with Crippen molar-refractivity contribution in [2.75, 3.05) is 19.0 Å². The van der Waals surface area contributed by atoms with Gasteiger partial charge in [0.15, 0.2) is 0 Å². The molecule has 0 aliphatic carbocycles. The summed E-state index contributed by atoms with van der Waals surface area (Å²) in [6.45, 7) is 0. The summed E-state index contributed by atoms with van der Waals surface area (Å²) in [6.07, 6.45) is 7.12. The van der Waals surface area contributed by atoms with E-state index < -0.39 is 0 Å². The molecule has 0 radical (unpaired) electrons. The number of halogens is 1. The van der Waals surface area contributed by atoms with E-state index in [-0.39, 0.29) is 5.82 Å². The van der Waals surface area contributed by atoms with Crippen LogP contribution in [0.5, 0.6) is 0 Å². The third-order valence-corrected chi connectivity index (χ3v) is 5.91. The van der Waals surface area contributed by atoms with Crippen molar-refractivity contribution in [1.29, 1.82) is 0 Å². The van der Waals surface area contributed by atoms with Crippen LogP contribution in [0.3, 0.4) is 0 Å². The molecule has 0 aliphatic rings. The first-order valence-corrected chi connectivity index (χ1v) is 10.8. The van der Waals surface area contributed by atoms with Crippen LogP contribution in [0.15, 0.2) is 73.3 Å². The molecule has 0 atom stereocenters. The van der Waals surface area contributed by atoms with Crippen LogP contribution in [0.4, 0.5) is 10.1 Å². The van der Waals surface area contributed by atoms with Crippen molar-refractivity contribution in [3.8, 4) is 33.8 Å². The van der Waals surface area contributed by atoms with Crippen LogP contribution < -0.4 is 4.90 Å². The highest BCUT2D eigenvalue weighted by Gasteiger charge is 2.16. The number of anilines is 1. The van der Waals surface area contributed by atoms with Gasteiger partial charge < -0.3 is 9.88 Å². The smallest absolute Gasteiger partial charge is 0.138 e. The van der Waals surface area contributed by atoms with Crippen molar-refractivity contribution in [3.05, 3.63) is 79.1 Å². The first kappa shape index (κ1) is 20.0. The Morgan fingerprint density at radius 3 is 2.65 bits per heavy atom. The van der Waals surface area contributed by atoms with E-state index in [0.717, 1.165) is 55.7 Å². The Balaban J connectivity index is 1.48. The summed E-state index contributed by atoms with van der Waals surface area (Å²) in [7, 11) is 3.96. The molecule has 7 nitrogen and oxygen atoms in total. The summed E-state index contributed by atoms with van der Waals surface area (Å²) < 4.78 is 13.9. The third kappa shape index (κ3) is 3.36. The van der Waals surface area contributed by atoms with E-state index in [0.29, 0.717) is 5.65 Å². The maximum atomic E-state index is 13.9. The number of aromatic nitrogens is 6. The number of nitrogens with one attached hydrogen (secondary N) is 2. The lowest BCUT2D eigenvalue weighted by molar-refractivity contribution is 0.628. The first-order chi connectivity index (χ1) is 16.6. The number of nitrogens with zero attached hydrogens (tertiary/aromatic N) is 5. The minimum absolute atomic E-state index is 0.274. The summed E-state index contributed by atoms with van der Waals surface area (Å²) >= 11 is 0. The number of H-pyrrole nitrogens is 2. The lowest BCUT2D eigenvalue weighted by atomic mass is 10.0. The second-order valence-corrected chi connectivity index (χ2v) is 8.33. The van der Waals surface area contributed by atoms with Crippen molar-refractivity contribution in [2.24, 2.45) is 0 Å². The van der Waals surface area contributed by atoms with Gasteiger partial charge in [0.1, 0.15) is 17.2 Å². The molecular weight excluding hydrogens is 429 g/mol. The Morgan fingerprint density at radius 1 is 0.882 bits per heavy atom. The van der Waals surface area contributed by atoms with Crippen LogP contribution in [-0.2, 0) is 0 Å². The topological polar surface area (TPSA) is 86.4 Å². The predicted octanol–water partition coefficient (Wildman–Crippen LogP) is 5.44. The van der Waals surface area contributed by atoms with Gasteiger partial charge in [-0.1, -0.05) is 12.1 Å². The lowest BCUT2D eigenvalue weighted by Gasteiger charge is -2.12. The minimum atomic E-state index is -0.274. The molecule has 0 fully saturated rings. The van der Waals surface area contributed by atoms with E-state index in [1.54, 1.807) is 24.7 Å². The zero-order valence-electron chi connectivity index (χ0n) is 18.5. The van der Waals surface area contributed by atoms with Crippen molar-refractivity contribution < 1.29 is 4.39 Å². The van der Waals surface area contributed by atoms with Crippen LogP contribution in [-0.4, -0.2) is 44.2 Å². The van der Waals surface area contributed by atoms with Gasteiger partial charge in [0, 0.05) is 42.8 Å². The van der Waals surface area contributed by atoms with E-state index in [4.69, 9.17) is 0 Å². The van der Waals surface area contributed by atoms with Gasteiger partial charge >= 0.3 is 0 Å². The molecule has 6 rings (SSSR count). The number of pyridine rings is 3. The maximum Gasteiger partial charge on any atom is 0.138 e. The Labute approximate surface area is 194 Å². The number of fused-ring (bicyclic) bond motifs is 2. The molecule has 166 valence electrons. The molecule has 0 bridgehead atoms. The largest absolute Gasteiger partial charge is 0.376 e. The molecular formula is C26H20FN7. The highest BCUT2D eigenvalue weighted by atomic mass is 19.1. The Bertz CT molecular complexity index is 1670. The van der Waals surface area contributed by atoms with Gasteiger partial charge in [-0.05, 0) is 47.5 Å². The Kier molecular flexibility index (Phi) is 4.58. The fourth-order valence-electron chi connectivity index (χ4n) is 4.15. The molecule has 1 aromatic carbocycles. The monoisotopic (exact) mass is 449 g/mol. The number of hydrogen-bond donors (Lipinski definition) is 2. The molecule has 5 heterocycles. The van der Waals surface area contributed by atoms with Gasteiger partial charge in [-0.15, -0.1) is 0 Å². The van der Waals surface area contributed by atoms with Crippen molar-refractivity contribution >= 4 is 27.6 Å². The SMILES string of the molecule is CN(C)c1cncc(-c2cc3c(-c4cc5c(-c6cccc(F)c6)ccnc5[nH]4)n[nH]c3cn2)c1.